The van der Waals surface area contributed by atoms with Crippen LogP contribution in [0.3, 0.4) is 0 Å². The number of hydrogen-bond acceptors (Lipinski definition) is 4. The summed E-state index contributed by atoms with van der Waals surface area (Å²) in [4.78, 5) is 17.6. The monoisotopic (exact) mass is 394 g/mol. The van der Waals surface area contributed by atoms with Gasteiger partial charge in [0, 0.05) is 51.2 Å². The number of carbonyl (C=O) groups is 1. The number of hydrogen-bond donors (Lipinski definition) is 2. The van der Waals surface area contributed by atoms with Crippen molar-refractivity contribution in [1.29, 1.82) is 0 Å². The minimum atomic E-state index is 0. The van der Waals surface area contributed by atoms with Gasteiger partial charge in [-0.25, -0.2) is 0 Å². The van der Waals surface area contributed by atoms with Gasteiger partial charge in [-0.2, -0.15) is 0 Å². The second-order valence-electron chi connectivity index (χ2n) is 7.77. The molecule has 1 amide bonds. The van der Waals surface area contributed by atoms with Crippen LogP contribution in [0.5, 0.6) is 0 Å². The maximum atomic E-state index is 12.5. The molecule has 27 heavy (non-hydrogen) atoms. The summed E-state index contributed by atoms with van der Waals surface area (Å²) in [6.07, 6.45) is 1.88. The maximum absolute atomic E-state index is 12.5. The van der Waals surface area contributed by atoms with E-state index in [0.29, 0.717) is 12.6 Å². The lowest BCUT2D eigenvalue weighted by atomic mass is 9.92. The molecule has 2 aliphatic rings. The Morgan fingerprint density at radius 2 is 1.81 bits per heavy atom. The third kappa shape index (κ3) is 6.46. The van der Waals surface area contributed by atoms with E-state index in [-0.39, 0.29) is 24.2 Å². The lowest BCUT2D eigenvalue weighted by molar-refractivity contribution is -0.126. The van der Waals surface area contributed by atoms with Crippen molar-refractivity contribution in [2.45, 2.75) is 45.8 Å². The van der Waals surface area contributed by atoms with Crippen molar-refractivity contribution in [3.05, 3.63) is 35.4 Å². The number of piperazine rings is 1. The van der Waals surface area contributed by atoms with Crippen LogP contribution in [0.2, 0.25) is 0 Å². The predicted molar refractivity (Wildman–Crippen MR) is 113 cm³/mol. The molecular weight excluding hydrogens is 360 g/mol. The van der Waals surface area contributed by atoms with E-state index in [9.17, 15) is 4.79 Å². The van der Waals surface area contributed by atoms with E-state index in [1.807, 2.05) is 0 Å². The molecule has 2 fully saturated rings. The third-order valence-electron chi connectivity index (χ3n) is 5.87. The summed E-state index contributed by atoms with van der Waals surface area (Å²) < 4.78 is 0. The highest BCUT2D eigenvalue weighted by molar-refractivity contribution is 5.85. The summed E-state index contributed by atoms with van der Waals surface area (Å²) in [6.45, 7) is 12.7. The van der Waals surface area contributed by atoms with Crippen molar-refractivity contribution in [2.75, 3.05) is 39.3 Å². The van der Waals surface area contributed by atoms with Gasteiger partial charge in [0.25, 0.3) is 0 Å². The lowest BCUT2D eigenvalue weighted by Crippen LogP contribution is -2.45. The van der Waals surface area contributed by atoms with Gasteiger partial charge in [-0.1, -0.05) is 31.2 Å². The minimum absolute atomic E-state index is 0. The number of nitrogens with zero attached hydrogens (tertiary/aromatic N) is 2. The smallest absolute Gasteiger partial charge is 0.223 e. The largest absolute Gasteiger partial charge is 0.352 e. The molecule has 0 saturated carbocycles. The number of carbonyl (C=O) groups excluding carboxylic acids is 1. The van der Waals surface area contributed by atoms with Gasteiger partial charge in [0.15, 0.2) is 0 Å². The standard InChI is InChI=1S/C21H34N4O.ClH/c1-3-24-10-12-25(13-11-24)16-20-7-5-4-6-19(20)15-23-21(26)18-8-9-22-17(2)14-18;/h4-7,17-18,22H,3,8-16H2,1-2H3,(H,23,26);1H/t17-,18-;/m0./s1. The molecule has 0 radical (unpaired) electrons. The van der Waals surface area contributed by atoms with Crippen molar-refractivity contribution >= 4 is 18.3 Å². The maximum Gasteiger partial charge on any atom is 0.223 e. The van der Waals surface area contributed by atoms with Gasteiger partial charge in [-0.15, -0.1) is 12.4 Å². The van der Waals surface area contributed by atoms with Gasteiger partial charge < -0.3 is 15.5 Å². The average molecular weight is 395 g/mol. The molecular formula is C21H35ClN4O. The van der Waals surface area contributed by atoms with Gasteiger partial charge in [0.1, 0.15) is 0 Å². The van der Waals surface area contributed by atoms with Crippen LogP contribution in [0.1, 0.15) is 37.8 Å². The van der Waals surface area contributed by atoms with Crippen molar-refractivity contribution in [3.63, 3.8) is 0 Å². The zero-order valence-corrected chi connectivity index (χ0v) is 17.6. The Morgan fingerprint density at radius 1 is 1.15 bits per heavy atom. The zero-order valence-electron chi connectivity index (χ0n) is 16.7. The topological polar surface area (TPSA) is 47.6 Å². The van der Waals surface area contributed by atoms with Crippen LogP contribution in [0.15, 0.2) is 24.3 Å². The molecule has 2 saturated heterocycles. The summed E-state index contributed by atoms with van der Waals surface area (Å²) in [5.74, 6) is 0.366. The van der Waals surface area contributed by atoms with Gasteiger partial charge in [-0.3, -0.25) is 9.69 Å². The van der Waals surface area contributed by atoms with E-state index in [0.717, 1.165) is 58.7 Å². The minimum Gasteiger partial charge on any atom is -0.352 e. The van der Waals surface area contributed by atoms with Crippen molar-refractivity contribution < 1.29 is 4.79 Å². The first kappa shape index (κ1) is 22.2. The Labute approximate surface area is 170 Å². The van der Waals surface area contributed by atoms with E-state index in [1.54, 1.807) is 0 Å². The molecule has 0 spiro atoms. The second-order valence-corrected chi connectivity index (χ2v) is 7.77. The molecule has 2 atom stereocenters. The van der Waals surface area contributed by atoms with Crippen molar-refractivity contribution in [3.8, 4) is 0 Å². The van der Waals surface area contributed by atoms with Crippen molar-refractivity contribution in [2.24, 2.45) is 5.92 Å². The Balaban J connectivity index is 0.00000261. The van der Waals surface area contributed by atoms with E-state index >= 15 is 0 Å². The molecule has 0 aromatic heterocycles. The molecule has 2 aliphatic heterocycles. The molecule has 3 rings (SSSR count). The first-order valence-corrected chi connectivity index (χ1v) is 10.2. The van der Waals surface area contributed by atoms with Crippen molar-refractivity contribution in [1.82, 2.24) is 20.4 Å². The van der Waals surface area contributed by atoms with Crippen LogP contribution < -0.4 is 10.6 Å². The molecule has 6 heteroatoms. The Bertz CT molecular complexity index is 589. The first-order chi connectivity index (χ1) is 12.7. The van der Waals surface area contributed by atoms with E-state index in [1.165, 1.54) is 11.1 Å². The molecule has 2 N–H and O–H groups in total. The van der Waals surface area contributed by atoms with Crippen LogP contribution in [-0.2, 0) is 17.9 Å². The quantitative estimate of drug-likeness (QED) is 0.776. The molecule has 1 aromatic carbocycles. The van der Waals surface area contributed by atoms with Gasteiger partial charge in [-0.05, 0) is 44.0 Å². The second kappa shape index (κ2) is 11.0. The molecule has 152 valence electrons. The van der Waals surface area contributed by atoms with E-state index in [2.05, 4.69) is 58.5 Å². The molecule has 1 aromatic rings. The normalized spacial score (nSPS) is 24.2. The van der Waals surface area contributed by atoms with Gasteiger partial charge >= 0.3 is 0 Å². The average Bonchev–Trinajstić information content (AvgIpc) is 2.67. The van der Waals surface area contributed by atoms with Gasteiger partial charge in [0.2, 0.25) is 5.91 Å². The summed E-state index contributed by atoms with van der Waals surface area (Å²) in [6, 6.07) is 8.99. The van der Waals surface area contributed by atoms with E-state index < -0.39 is 0 Å². The van der Waals surface area contributed by atoms with Crippen LogP contribution in [0.25, 0.3) is 0 Å². The Morgan fingerprint density at radius 3 is 2.48 bits per heavy atom. The number of halogens is 1. The number of rotatable bonds is 6. The lowest BCUT2D eigenvalue weighted by Gasteiger charge is -2.34. The number of piperidine rings is 1. The number of benzene rings is 1. The summed E-state index contributed by atoms with van der Waals surface area (Å²) in [7, 11) is 0. The highest BCUT2D eigenvalue weighted by atomic mass is 35.5. The molecule has 2 heterocycles. The number of amides is 1. The summed E-state index contributed by atoms with van der Waals surface area (Å²) >= 11 is 0. The highest BCUT2D eigenvalue weighted by Crippen LogP contribution is 2.17. The summed E-state index contributed by atoms with van der Waals surface area (Å²) in [5.41, 5.74) is 2.59. The van der Waals surface area contributed by atoms with Crippen LogP contribution in [-0.4, -0.2) is 61.0 Å². The van der Waals surface area contributed by atoms with Gasteiger partial charge in [0.05, 0.1) is 0 Å². The predicted octanol–water partition coefficient (Wildman–Crippen LogP) is 2.25. The van der Waals surface area contributed by atoms with Crippen LogP contribution >= 0.6 is 12.4 Å². The van der Waals surface area contributed by atoms with E-state index in [4.69, 9.17) is 0 Å². The molecule has 0 unspecified atom stereocenters. The number of likely N-dealkylation sites (N-methyl/N-ethyl adjacent to an activating group) is 1. The zero-order chi connectivity index (χ0) is 18.4. The fraction of sp³-hybridized carbons (Fsp3) is 0.667. The highest BCUT2D eigenvalue weighted by Gasteiger charge is 2.24. The van der Waals surface area contributed by atoms with Crippen LogP contribution in [0.4, 0.5) is 0 Å². The first-order valence-electron chi connectivity index (χ1n) is 10.2. The fourth-order valence-electron chi connectivity index (χ4n) is 4.09. The molecule has 5 nitrogen and oxygen atoms in total. The Hall–Kier alpha value is -1.14. The summed E-state index contributed by atoms with van der Waals surface area (Å²) in [5, 5.41) is 6.60. The number of nitrogens with one attached hydrogen (secondary N) is 2. The van der Waals surface area contributed by atoms with Crippen LogP contribution in [0, 0.1) is 5.92 Å². The Kier molecular flexibility index (Phi) is 9.03. The molecule has 0 bridgehead atoms. The third-order valence-corrected chi connectivity index (χ3v) is 5.87. The molecule has 0 aliphatic carbocycles. The fourth-order valence-corrected chi connectivity index (χ4v) is 4.09. The SMILES string of the molecule is CCN1CCN(Cc2ccccc2CNC(=O)[C@H]2CCN[C@@H](C)C2)CC1.Cl.